The number of carbonyl (C=O) groups is 2. The number of nitrogens with zero attached hydrogens (tertiary/aromatic N) is 1. The van der Waals surface area contributed by atoms with Crippen LogP contribution >= 0.6 is 0 Å². The Hall–Kier alpha value is -3.93. The number of carboxylic acid groups (broad SMARTS) is 1. The molecule has 0 saturated heterocycles. The third kappa shape index (κ3) is 3.35. The van der Waals surface area contributed by atoms with E-state index in [0.29, 0.717) is 22.7 Å². The van der Waals surface area contributed by atoms with Crippen LogP contribution in [0.3, 0.4) is 0 Å². The summed E-state index contributed by atoms with van der Waals surface area (Å²) in [7, 11) is 0. The molecule has 1 aromatic heterocycles. The first-order valence-electron chi connectivity index (χ1n) is 8.62. The Balaban J connectivity index is 1.64. The molecule has 2 N–H and O–H groups in total. The van der Waals surface area contributed by atoms with Gasteiger partial charge in [-0.05, 0) is 55.0 Å². The molecular formula is C22H16N2O4. The van der Waals surface area contributed by atoms with Crippen molar-refractivity contribution in [3.63, 3.8) is 0 Å². The zero-order valence-electron chi connectivity index (χ0n) is 15.0. The number of oxazole rings is 1. The van der Waals surface area contributed by atoms with Crippen molar-refractivity contribution >= 4 is 28.7 Å². The Morgan fingerprint density at radius 1 is 0.964 bits per heavy atom. The summed E-state index contributed by atoms with van der Waals surface area (Å²) in [5.41, 5.74) is 3.80. The van der Waals surface area contributed by atoms with Crippen LogP contribution in [0.2, 0.25) is 0 Å². The molecule has 6 heteroatoms. The Bertz CT molecular complexity index is 1210. The van der Waals surface area contributed by atoms with E-state index < -0.39 is 11.9 Å². The molecule has 0 atom stereocenters. The molecule has 1 amide bonds. The molecule has 0 fully saturated rings. The Morgan fingerprint density at radius 2 is 1.75 bits per heavy atom. The van der Waals surface area contributed by atoms with Crippen LogP contribution in [0.1, 0.15) is 26.3 Å². The van der Waals surface area contributed by atoms with Gasteiger partial charge in [-0.15, -0.1) is 0 Å². The van der Waals surface area contributed by atoms with Crippen molar-refractivity contribution in [2.24, 2.45) is 0 Å². The van der Waals surface area contributed by atoms with Crippen LogP contribution in [0.15, 0.2) is 71.1 Å². The average molecular weight is 372 g/mol. The molecule has 0 aliphatic carbocycles. The number of aromatic carboxylic acids is 1. The average Bonchev–Trinajstić information content (AvgIpc) is 3.11. The standard InChI is InChI=1S/C22H16N2O4/c1-13-9-10-19-18(11-13)24-21(28-19)14-5-4-6-15(12-14)23-20(25)16-7-2-3-8-17(16)22(26)27/h2-12H,1H3,(H,23,25)(H,26,27). The lowest BCUT2D eigenvalue weighted by Crippen LogP contribution is -2.16. The third-order valence-corrected chi connectivity index (χ3v) is 4.31. The molecule has 0 spiro atoms. The van der Waals surface area contributed by atoms with E-state index in [2.05, 4.69) is 10.3 Å². The van der Waals surface area contributed by atoms with Gasteiger partial charge in [0, 0.05) is 11.3 Å². The molecule has 0 unspecified atom stereocenters. The highest BCUT2D eigenvalue weighted by molar-refractivity contribution is 6.10. The van der Waals surface area contributed by atoms with E-state index in [1.807, 2.05) is 31.2 Å². The summed E-state index contributed by atoms with van der Waals surface area (Å²) in [6, 6.07) is 18.9. The van der Waals surface area contributed by atoms with Gasteiger partial charge < -0.3 is 14.8 Å². The summed E-state index contributed by atoms with van der Waals surface area (Å²) in [4.78, 5) is 28.4. The number of carbonyl (C=O) groups excluding carboxylic acids is 1. The van der Waals surface area contributed by atoms with Crippen molar-refractivity contribution in [2.75, 3.05) is 5.32 Å². The molecule has 0 bridgehead atoms. The number of amides is 1. The largest absolute Gasteiger partial charge is 0.478 e. The van der Waals surface area contributed by atoms with Crippen molar-refractivity contribution in [1.29, 1.82) is 0 Å². The predicted octanol–water partition coefficient (Wildman–Crippen LogP) is 4.75. The first-order chi connectivity index (χ1) is 13.5. The van der Waals surface area contributed by atoms with E-state index in [1.165, 1.54) is 12.1 Å². The lowest BCUT2D eigenvalue weighted by Gasteiger charge is -2.08. The second kappa shape index (κ2) is 7.00. The number of rotatable bonds is 4. The summed E-state index contributed by atoms with van der Waals surface area (Å²) >= 11 is 0. The fraction of sp³-hybridized carbons (Fsp3) is 0.0455. The monoisotopic (exact) mass is 372 g/mol. The molecule has 4 aromatic rings. The van der Waals surface area contributed by atoms with Gasteiger partial charge in [0.15, 0.2) is 5.58 Å². The first kappa shape index (κ1) is 17.5. The van der Waals surface area contributed by atoms with Gasteiger partial charge in [-0.1, -0.05) is 24.3 Å². The fourth-order valence-corrected chi connectivity index (χ4v) is 2.96. The van der Waals surface area contributed by atoms with Gasteiger partial charge >= 0.3 is 5.97 Å². The number of hydrogen-bond acceptors (Lipinski definition) is 4. The minimum atomic E-state index is -1.15. The normalized spacial score (nSPS) is 10.8. The topological polar surface area (TPSA) is 92.4 Å². The smallest absolute Gasteiger partial charge is 0.336 e. The van der Waals surface area contributed by atoms with Crippen molar-refractivity contribution in [1.82, 2.24) is 4.98 Å². The van der Waals surface area contributed by atoms with E-state index in [-0.39, 0.29) is 11.1 Å². The molecular weight excluding hydrogens is 356 g/mol. The van der Waals surface area contributed by atoms with E-state index in [1.54, 1.807) is 30.3 Å². The predicted molar refractivity (Wildman–Crippen MR) is 106 cm³/mol. The minimum absolute atomic E-state index is 0.0505. The molecule has 4 rings (SSSR count). The van der Waals surface area contributed by atoms with E-state index in [0.717, 1.165) is 11.1 Å². The van der Waals surface area contributed by atoms with Crippen LogP contribution < -0.4 is 5.32 Å². The van der Waals surface area contributed by atoms with Crippen molar-refractivity contribution in [3.8, 4) is 11.5 Å². The number of aromatic nitrogens is 1. The van der Waals surface area contributed by atoms with Crippen molar-refractivity contribution in [3.05, 3.63) is 83.4 Å². The summed E-state index contributed by atoms with van der Waals surface area (Å²) < 4.78 is 5.80. The SMILES string of the molecule is Cc1ccc2oc(-c3cccc(NC(=O)c4ccccc4C(=O)O)c3)nc2c1. The maximum Gasteiger partial charge on any atom is 0.336 e. The first-order valence-corrected chi connectivity index (χ1v) is 8.62. The van der Waals surface area contributed by atoms with Crippen LogP contribution in [0.25, 0.3) is 22.6 Å². The van der Waals surface area contributed by atoms with Gasteiger partial charge in [0.25, 0.3) is 5.91 Å². The highest BCUT2D eigenvalue weighted by atomic mass is 16.4. The number of anilines is 1. The highest BCUT2D eigenvalue weighted by Gasteiger charge is 2.16. The van der Waals surface area contributed by atoms with Crippen LogP contribution in [0.4, 0.5) is 5.69 Å². The maximum atomic E-state index is 12.6. The number of fused-ring (bicyclic) bond motifs is 1. The molecule has 1 heterocycles. The number of benzene rings is 3. The summed E-state index contributed by atoms with van der Waals surface area (Å²) in [6.45, 7) is 1.99. The number of hydrogen-bond donors (Lipinski definition) is 2. The Morgan fingerprint density at radius 3 is 2.54 bits per heavy atom. The van der Waals surface area contributed by atoms with E-state index in [9.17, 15) is 14.7 Å². The quantitative estimate of drug-likeness (QED) is 0.539. The van der Waals surface area contributed by atoms with Gasteiger partial charge in [-0.25, -0.2) is 9.78 Å². The van der Waals surface area contributed by atoms with Gasteiger partial charge in [-0.3, -0.25) is 4.79 Å². The van der Waals surface area contributed by atoms with E-state index in [4.69, 9.17) is 4.42 Å². The second-order valence-corrected chi connectivity index (χ2v) is 6.38. The van der Waals surface area contributed by atoms with E-state index >= 15 is 0 Å². The van der Waals surface area contributed by atoms with Crippen molar-refractivity contribution in [2.45, 2.75) is 6.92 Å². The van der Waals surface area contributed by atoms with Gasteiger partial charge in [0.05, 0.1) is 11.1 Å². The molecule has 0 saturated carbocycles. The lowest BCUT2D eigenvalue weighted by atomic mass is 10.1. The summed E-state index contributed by atoms with van der Waals surface area (Å²) in [6.07, 6.45) is 0. The van der Waals surface area contributed by atoms with Crippen LogP contribution in [0, 0.1) is 6.92 Å². The number of aryl methyl sites for hydroxylation is 1. The lowest BCUT2D eigenvalue weighted by molar-refractivity contribution is 0.0692. The fourth-order valence-electron chi connectivity index (χ4n) is 2.96. The number of nitrogens with one attached hydrogen (secondary N) is 1. The zero-order chi connectivity index (χ0) is 19.7. The molecule has 138 valence electrons. The van der Waals surface area contributed by atoms with Gasteiger partial charge in [-0.2, -0.15) is 0 Å². The molecule has 6 nitrogen and oxygen atoms in total. The van der Waals surface area contributed by atoms with Gasteiger partial charge in [0.2, 0.25) is 5.89 Å². The van der Waals surface area contributed by atoms with Crippen LogP contribution in [-0.4, -0.2) is 22.0 Å². The van der Waals surface area contributed by atoms with Crippen LogP contribution in [0.5, 0.6) is 0 Å². The van der Waals surface area contributed by atoms with Gasteiger partial charge in [0.1, 0.15) is 5.52 Å². The maximum absolute atomic E-state index is 12.6. The number of carboxylic acids is 1. The van der Waals surface area contributed by atoms with Crippen LogP contribution in [-0.2, 0) is 0 Å². The molecule has 0 aliphatic rings. The molecule has 28 heavy (non-hydrogen) atoms. The summed E-state index contributed by atoms with van der Waals surface area (Å²) in [5.74, 6) is -1.20. The highest BCUT2D eigenvalue weighted by Crippen LogP contribution is 2.27. The molecule has 3 aromatic carbocycles. The Labute approximate surface area is 160 Å². The molecule has 0 aliphatic heterocycles. The molecule has 0 radical (unpaired) electrons. The minimum Gasteiger partial charge on any atom is -0.478 e. The zero-order valence-corrected chi connectivity index (χ0v) is 15.0. The Kier molecular flexibility index (Phi) is 4.37. The third-order valence-electron chi connectivity index (χ3n) is 4.31. The van der Waals surface area contributed by atoms with Crippen molar-refractivity contribution < 1.29 is 19.1 Å². The second-order valence-electron chi connectivity index (χ2n) is 6.38. The summed E-state index contributed by atoms with van der Waals surface area (Å²) in [5, 5.41) is 12.0.